The van der Waals surface area contributed by atoms with Gasteiger partial charge < -0.3 is 5.73 Å². The van der Waals surface area contributed by atoms with Gasteiger partial charge in [0, 0.05) is 12.1 Å². The van der Waals surface area contributed by atoms with Crippen molar-refractivity contribution in [1.29, 1.82) is 0 Å². The van der Waals surface area contributed by atoms with Crippen molar-refractivity contribution in [3.05, 3.63) is 0 Å². The molecule has 2 heteroatoms. The van der Waals surface area contributed by atoms with Gasteiger partial charge in [-0.05, 0) is 38.3 Å². The van der Waals surface area contributed by atoms with Crippen LogP contribution in [0, 0.1) is 5.92 Å². The third-order valence-corrected chi connectivity index (χ3v) is 4.25. The Kier molecular flexibility index (Phi) is 5.07. The van der Waals surface area contributed by atoms with Gasteiger partial charge in [0.1, 0.15) is 0 Å². The predicted octanol–water partition coefficient (Wildman–Crippen LogP) is 2.63. The van der Waals surface area contributed by atoms with Gasteiger partial charge >= 0.3 is 0 Å². The first-order valence-corrected chi connectivity index (χ1v) is 6.67. The molecular weight excluding hydrogens is 184 g/mol. The zero-order valence-corrected chi connectivity index (χ0v) is 10.8. The molecule has 0 aromatic carbocycles. The molecule has 0 amide bonds. The predicted molar refractivity (Wildman–Crippen MR) is 67.0 cm³/mol. The summed E-state index contributed by atoms with van der Waals surface area (Å²) in [5, 5.41) is 0. The van der Waals surface area contributed by atoms with Crippen molar-refractivity contribution in [3.63, 3.8) is 0 Å². The average molecular weight is 212 g/mol. The standard InChI is InChI=1S/C13H28N2/c1-4-13(5-2,11-14)15(6-3)10-9-12-7-8-12/h12H,4-11,14H2,1-3H3. The van der Waals surface area contributed by atoms with Gasteiger partial charge in [-0.25, -0.2) is 0 Å². The van der Waals surface area contributed by atoms with E-state index in [0.29, 0.717) is 0 Å². The third kappa shape index (κ3) is 3.18. The number of nitrogens with zero attached hydrogens (tertiary/aromatic N) is 1. The summed E-state index contributed by atoms with van der Waals surface area (Å²) in [6.07, 6.45) is 6.67. The molecule has 1 rings (SSSR count). The largest absolute Gasteiger partial charge is 0.329 e. The first-order chi connectivity index (χ1) is 7.22. The van der Waals surface area contributed by atoms with Crippen molar-refractivity contribution in [2.45, 2.75) is 58.4 Å². The normalized spacial score (nSPS) is 17.4. The molecular formula is C13H28N2. The quantitative estimate of drug-likeness (QED) is 0.670. The fourth-order valence-electron chi connectivity index (χ4n) is 2.59. The highest BCUT2D eigenvalue weighted by Crippen LogP contribution is 2.33. The maximum absolute atomic E-state index is 5.99. The number of hydrogen-bond acceptors (Lipinski definition) is 2. The Labute approximate surface area is 95.2 Å². The third-order valence-electron chi connectivity index (χ3n) is 4.25. The van der Waals surface area contributed by atoms with Crippen LogP contribution in [-0.4, -0.2) is 30.1 Å². The Morgan fingerprint density at radius 1 is 1.20 bits per heavy atom. The highest BCUT2D eigenvalue weighted by molar-refractivity contribution is 4.90. The molecule has 1 aliphatic carbocycles. The summed E-state index contributed by atoms with van der Waals surface area (Å²) < 4.78 is 0. The van der Waals surface area contributed by atoms with E-state index in [9.17, 15) is 0 Å². The van der Waals surface area contributed by atoms with E-state index in [1.54, 1.807) is 0 Å². The fraction of sp³-hybridized carbons (Fsp3) is 1.00. The minimum absolute atomic E-state index is 0.267. The van der Waals surface area contributed by atoms with E-state index in [-0.39, 0.29) is 5.54 Å². The molecule has 0 bridgehead atoms. The first kappa shape index (κ1) is 13.0. The number of hydrogen-bond donors (Lipinski definition) is 1. The summed E-state index contributed by atoms with van der Waals surface area (Å²) in [6, 6.07) is 0. The summed E-state index contributed by atoms with van der Waals surface area (Å²) in [5.74, 6) is 1.03. The van der Waals surface area contributed by atoms with E-state index in [1.165, 1.54) is 38.6 Å². The van der Waals surface area contributed by atoms with Crippen molar-refractivity contribution in [3.8, 4) is 0 Å². The van der Waals surface area contributed by atoms with Gasteiger partial charge in [-0.2, -0.15) is 0 Å². The van der Waals surface area contributed by atoms with E-state index in [4.69, 9.17) is 5.73 Å². The van der Waals surface area contributed by atoms with Crippen LogP contribution in [0.3, 0.4) is 0 Å². The van der Waals surface area contributed by atoms with Crippen LogP contribution in [-0.2, 0) is 0 Å². The Morgan fingerprint density at radius 2 is 1.80 bits per heavy atom. The molecule has 15 heavy (non-hydrogen) atoms. The van der Waals surface area contributed by atoms with Crippen LogP contribution in [0.15, 0.2) is 0 Å². The first-order valence-electron chi connectivity index (χ1n) is 6.67. The van der Waals surface area contributed by atoms with Gasteiger partial charge in [-0.1, -0.05) is 33.6 Å². The van der Waals surface area contributed by atoms with Crippen LogP contribution >= 0.6 is 0 Å². The number of rotatable bonds is 8. The van der Waals surface area contributed by atoms with Gasteiger partial charge in [0.2, 0.25) is 0 Å². The van der Waals surface area contributed by atoms with Gasteiger partial charge in [-0.15, -0.1) is 0 Å². The van der Waals surface area contributed by atoms with Crippen LogP contribution in [0.5, 0.6) is 0 Å². The van der Waals surface area contributed by atoms with Crippen molar-refractivity contribution in [2.75, 3.05) is 19.6 Å². The van der Waals surface area contributed by atoms with E-state index in [2.05, 4.69) is 25.7 Å². The molecule has 2 N–H and O–H groups in total. The summed E-state index contributed by atoms with van der Waals surface area (Å²) >= 11 is 0. The molecule has 1 fully saturated rings. The van der Waals surface area contributed by atoms with E-state index >= 15 is 0 Å². The fourth-order valence-corrected chi connectivity index (χ4v) is 2.59. The molecule has 0 heterocycles. The lowest BCUT2D eigenvalue weighted by Gasteiger charge is -2.42. The Balaban J connectivity index is 2.50. The molecule has 0 aromatic rings. The van der Waals surface area contributed by atoms with E-state index in [1.807, 2.05) is 0 Å². The minimum Gasteiger partial charge on any atom is -0.329 e. The van der Waals surface area contributed by atoms with Gasteiger partial charge in [0.25, 0.3) is 0 Å². The molecule has 0 radical (unpaired) electrons. The number of nitrogens with two attached hydrogens (primary N) is 1. The van der Waals surface area contributed by atoms with Crippen LogP contribution in [0.4, 0.5) is 0 Å². The topological polar surface area (TPSA) is 29.3 Å². The number of likely N-dealkylation sites (N-methyl/N-ethyl adjacent to an activating group) is 1. The second-order valence-electron chi connectivity index (χ2n) is 4.95. The molecule has 0 saturated heterocycles. The minimum atomic E-state index is 0.267. The SMILES string of the molecule is CCN(CCC1CC1)C(CC)(CC)CN. The van der Waals surface area contributed by atoms with Crippen molar-refractivity contribution in [1.82, 2.24) is 4.90 Å². The van der Waals surface area contributed by atoms with Crippen LogP contribution in [0.2, 0.25) is 0 Å². The van der Waals surface area contributed by atoms with Gasteiger partial charge in [0.15, 0.2) is 0 Å². The lowest BCUT2D eigenvalue weighted by Crippen LogP contribution is -2.53. The Bertz CT molecular complexity index is 163. The monoisotopic (exact) mass is 212 g/mol. The summed E-state index contributed by atoms with van der Waals surface area (Å²) in [6.45, 7) is 10.0. The molecule has 0 aliphatic heterocycles. The molecule has 0 aromatic heterocycles. The average Bonchev–Trinajstić information content (AvgIpc) is 3.09. The summed E-state index contributed by atoms with van der Waals surface area (Å²) in [5.41, 5.74) is 6.25. The molecule has 0 unspecified atom stereocenters. The Hall–Kier alpha value is -0.0800. The smallest absolute Gasteiger partial charge is 0.0326 e. The highest BCUT2D eigenvalue weighted by Gasteiger charge is 2.32. The highest BCUT2D eigenvalue weighted by atomic mass is 15.2. The second kappa shape index (κ2) is 5.86. The van der Waals surface area contributed by atoms with Gasteiger partial charge in [-0.3, -0.25) is 4.90 Å². The molecule has 1 saturated carbocycles. The van der Waals surface area contributed by atoms with E-state index in [0.717, 1.165) is 19.0 Å². The second-order valence-corrected chi connectivity index (χ2v) is 4.95. The van der Waals surface area contributed by atoms with Crippen molar-refractivity contribution < 1.29 is 0 Å². The lowest BCUT2D eigenvalue weighted by molar-refractivity contribution is 0.0877. The maximum Gasteiger partial charge on any atom is 0.0326 e. The van der Waals surface area contributed by atoms with E-state index < -0.39 is 0 Å². The van der Waals surface area contributed by atoms with Crippen molar-refractivity contribution >= 4 is 0 Å². The molecule has 1 aliphatic rings. The summed E-state index contributed by atoms with van der Waals surface area (Å²) in [4.78, 5) is 2.62. The van der Waals surface area contributed by atoms with Crippen molar-refractivity contribution in [2.24, 2.45) is 11.7 Å². The molecule has 0 atom stereocenters. The summed E-state index contributed by atoms with van der Waals surface area (Å²) in [7, 11) is 0. The maximum atomic E-state index is 5.99. The molecule has 2 nitrogen and oxygen atoms in total. The van der Waals surface area contributed by atoms with Crippen LogP contribution in [0.1, 0.15) is 52.9 Å². The van der Waals surface area contributed by atoms with Crippen LogP contribution < -0.4 is 5.73 Å². The zero-order valence-electron chi connectivity index (χ0n) is 10.8. The molecule has 90 valence electrons. The molecule has 0 spiro atoms. The van der Waals surface area contributed by atoms with Crippen LogP contribution in [0.25, 0.3) is 0 Å². The zero-order chi connectivity index (χ0) is 11.3. The lowest BCUT2D eigenvalue weighted by atomic mass is 9.90. The Morgan fingerprint density at radius 3 is 2.13 bits per heavy atom. The van der Waals surface area contributed by atoms with Gasteiger partial charge in [0.05, 0.1) is 0 Å².